The molecule has 1 aromatic carbocycles. The maximum Gasteiger partial charge on any atom is 0.274 e. The molecular formula is C22H32N4O2. The Labute approximate surface area is 168 Å². The van der Waals surface area contributed by atoms with Crippen LogP contribution in [0.2, 0.25) is 0 Å². The molecule has 2 N–H and O–H groups in total. The van der Waals surface area contributed by atoms with Gasteiger partial charge < -0.3 is 15.4 Å². The van der Waals surface area contributed by atoms with Gasteiger partial charge in [0.05, 0.1) is 0 Å². The highest BCUT2D eigenvalue weighted by molar-refractivity contribution is 6.04. The summed E-state index contributed by atoms with van der Waals surface area (Å²) >= 11 is 0. The van der Waals surface area contributed by atoms with Crippen LogP contribution >= 0.6 is 0 Å². The molecule has 0 unspecified atom stereocenters. The van der Waals surface area contributed by atoms with E-state index in [9.17, 15) is 4.79 Å². The van der Waals surface area contributed by atoms with Crippen LogP contribution in [0.4, 0.5) is 11.5 Å². The Morgan fingerprint density at radius 2 is 1.75 bits per heavy atom. The standard InChI is InChI=1S/C22H32N4O2/c1-14(2)17-9-7-10-18(15(3)4)21(17)26-22(27)19-13-20(25-16(5)24-19)23-11-8-12-28-6/h7,9-10,13-15H,8,11-12H2,1-6H3,(H,26,27)(H,23,24,25). The van der Waals surface area contributed by atoms with E-state index in [1.807, 2.05) is 0 Å². The number of aromatic nitrogens is 2. The highest BCUT2D eigenvalue weighted by Gasteiger charge is 2.18. The number of nitrogens with zero attached hydrogens (tertiary/aromatic N) is 2. The molecule has 0 aliphatic carbocycles. The minimum Gasteiger partial charge on any atom is -0.385 e. The second-order valence-electron chi connectivity index (χ2n) is 7.53. The number of amides is 1. The van der Waals surface area contributed by atoms with Crippen LogP contribution in [-0.2, 0) is 4.74 Å². The van der Waals surface area contributed by atoms with Gasteiger partial charge in [-0.3, -0.25) is 4.79 Å². The Hall–Kier alpha value is -2.47. The molecule has 0 bridgehead atoms. The van der Waals surface area contributed by atoms with Crippen molar-refractivity contribution < 1.29 is 9.53 Å². The number of rotatable bonds is 9. The highest BCUT2D eigenvalue weighted by Crippen LogP contribution is 2.32. The summed E-state index contributed by atoms with van der Waals surface area (Å²) in [5.74, 6) is 1.59. The van der Waals surface area contributed by atoms with Gasteiger partial charge in [0.2, 0.25) is 0 Å². The van der Waals surface area contributed by atoms with Gasteiger partial charge >= 0.3 is 0 Å². The van der Waals surface area contributed by atoms with E-state index in [2.05, 4.69) is 66.5 Å². The molecule has 28 heavy (non-hydrogen) atoms. The van der Waals surface area contributed by atoms with Gasteiger partial charge in [0.1, 0.15) is 17.3 Å². The minimum atomic E-state index is -0.222. The Bertz CT molecular complexity index is 777. The molecule has 0 saturated heterocycles. The summed E-state index contributed by atoms with van der Waals surface area (Å²) in [6.07, 6.45) is 0.862. The molecule has 6 nitrogen and oxygen atoms in total. The van der Waals surface area contributed by atoms with E-state index < -0.39 is 0 Å². The van der Waals surface area contributed by atoms with Crippen LogP contribution in [0.3, 0.4) is 0 Å². The Kier molecular flexibility index (Phi) is 7.93. The van der Waals surface area contributed by atoms with Crippen LogP contribution in [0.25, 0.3) is 0 Å². The Balaban J connectivity index is 2.27. The quantitative estimate of drug-likeness (QED) is 0.611. The van der Waals surface area contributed by atoms with E-state index in [4.69, 9.17) is 4.74 Å². The van der Waals surface area contributed by atoms with Crippen molar-refractivity contribution in [1.82, 2.24) is 9.97 Å². The lowest BCUT2D eigenvalue weighted by molar-refractivity contribution is 0.102. The molecule has 0 fully saturated rings. The molecule has 152 valence electrons. The summed E-state index contributed by atoms with van der Waals surface area (Å²) in [6, 6.07) is 7.89. The lowest BCUT2D eigenvalue weighted by Gasteiger charge is -2.20. The summed E-state index contributed by atoms with van der Waals surface area (Å²) in [6.45, 7) is 11.7. The van der Waals surface area contributed by atoms with Crippen molar-refractivity contribution in [2.75, 3.05) is 30.9 Å². The van der Waals surface area contributed by atoms with Crippen LogP contribution in [-0.4, -0.2) is 36.1 Å². The molecule has 0 spiro atoms. The van der Waals surface area contributed by atoms with Crippen molar-refractivity contribution in [2.24, 2.45) is 0 Å². The summed E-state index contributed by atoms with van der Waals surface area (Å²) in [5.41, 5.74) is 3.50. The van der Waals surface area contributed by atoms with Crippen molar-refractivity contribution in [3.8, 4) is 0 Å². The summed E-state index contributed by atoms with van der Waals surface area (Å²) in [4.78, 5) is 21.7. The third-order valence-electron chi connectivity index (χ3n) is 4.51. The third-order valence-corrected chi connectivity index (χ3v) is 4.51. The zero-order valence-corrected chi connectivity index (χ0v) is 17.8. The first-order chi connectivity index (χ1) is 13.3. The first kappa shape index (κ1) is 21.8. The van der Waals surface area contributed by atoms with Gasteiger partial charge in [0, 0.05) is 32.0 Å². The highest BCUT2D eigenvalue weighted by atomic mass is 16.5. The van der Waals surface area contributed by atoms with E-state index in [1.165, 1.54) is 0 Å². The molecule has 0 radical (unpaired) electrons. The zero-order valence-electron chi connectivity index (χ0n) is 17.8. The first-order valence-electron chi connectivity index (χ1n) is 9.86. The third kappa shape index (κ3) is 5.76. The molecule has 1 amide bonds. The van der Waals surface area contributed by atoms with Gasteiger partial charge in [-0.15, -0.1) is 0 Å². The molecular weight excluding hydrogens is 352 g/mol. The number of ether oxygens (including phenoxy) is 1. The summed E-state index contributed by atoms with van der Waals surface area (Å²) in [5, 5.41) is 6.34. The maximum absolute atomic E-state index is 13.0. The number of hydrogen-bond donors (Lipinski definition) is 2. The van der Waals surface area contributed by atoms with Gasteiger partial charge in [0.25, 0.3) is 5.91 Å². The van der Waals surface area contributed by atoms with E-state index in [0.29, 0.717) is 35.8 Å². The van der Waals surface area contributed by atoms with Gasteiger partial charge in [-0.05, 0) is 36.3 Å². The van der Waals surface area contributed by atoms with Crippen LogP contribution in [0.15, 0.2) is 24.3 Å². The second kappa shape index (κ2) is 10.2. The van der Waals surface area contributed by atoms with Crippen LogP contribution < -0.4 is 10.6 Å². The number of nitrogens with one attached hydrogen (secondary N) is 2. The van der Waals surface area contributed by atoms with E-state index in [1.54, 1.807) is 20.1 Å². The molecule has 2 rings (SSSR count). The number of benzene rings is 1. The van der Waals surface area contributed by atoms with E-state index >= 15 is 0 Å². The van der Waals surface area contributed by atoms with Crippen molar-refractivity contribution in [2.45, 2.75) is 52.9 Å². The maximum atomic E-state index is 13.0. The van der Waals surface area contributed by atoms with Crippen LogP contribution in [0.1, 0.15) is 73.4 Å². The molecule has 0 atom stereocenters. The molecule has 0 aliphatic rings. The predicted molar refractivity (Wildman–Crippen MR) is 114 cm³/mol. The fraction of sp³-hybridized carbons (Fsp3) is 0.500. The smallest absolute Gasteiger partial charge is 0.274 e. The monoisotopic (exact) mass is 384 g/mol. The molecule has 1 aromatic heterocycles. The van der Waals surface area contributed by atoms with Gasteiger partial charge in [-0.25, -0.2) is 9.97 Å². The van der Waals surface area contributed by atoms with Crippen LogP contribution in [0.5, 0.6) is 0 Å². The number of para-hydroxylation sites is 1. The predicted octanol–water partition coefficient (Wildman–Crippen LogP) is 4.73. The van der Waals surface area contributed by atoms with Crippen LogP contribution in [0, 0.1) is 6.92 Å². The molecule has 1 heterocycles. The molecule has 0 aliphatic heterocycles. The lowest BCUT2D eigenvalue weighted by Crippen LogP contribution is -2.18. The summed E-state index contributed by atoms with van der Waals surface area (Å²) in [7, 11) is 1.68. The topological polar surface area (TPSA) is 76.1 Å². The molecule has 0 saturated carbocycles. The Morgan fingerprint density at radius 1 is 1.11 bits per heavy atom. The van der Waals surface area contributed by atoms with E-state index in [-0.39, 0.29) is 5.91 Å². The lowest BCUT2D eigenvalue weighted by atomic mass is 9.92. The van der Waals surface area contributed by atoms with Crippen molar-refractivity contribution >= 4 is 17.4 Å². The Morgan fingerprint density at radius 3 is 2.32 bits per heavy atom. The largest absolute Gasteiger partial charge is 0.385 e. The van der Waals surface area contributed by atoms with E-state index in [0.717, 1.165) is 29.8 Å². The van der Waals surface area contributed by atoms with Crippen molar-refractivity contribution in [3.63, 3.8) is 0 Å². The number of hydrogen-bond acceptors (Lipinski definition) is 5. The SMILES string of the molecule is COCCCNc1cc(C(=O)Nc2c(C(C)C)cccc2C(C)C)nc(C)n1. The zero-order chi connectivity index (χ0) is 20.7. The second-order valence-corrected chi connectivity index (χ2v) is 7.53. The first-order valence-corrected chi connectivity index (χ1v) is 9.86. The number of carbonyl (C=O) groups excluding carboxylic acids is 1. The van der Waals surface area contributed by atoms with Crippen molar-refractivity contribution in [1.29, 1.82) is 0 Å². The minimum absolute atomic E-state index is 0.222. The average Bonchev–Trinajstić information content (AvgIpc) is 2.64. The number of carbonyl (C=O) groups is 1. The van der Waals surface area contributed by atoms with Crippen molar-refractivity contribution in [3.05, 3.63) is 46.9 Å². The van der Waals surface area contributed by atoms with Gasteiger partial charge in [-0.2, -0.15) is 0 Å². The normalized spacial score (nSPS) is 11.1. The number of aryl methyl sites for hydroxylation is 1. The van der Waals surface area contributed by atoms with Gasteiger partial charge in [0.15, 0.2) is 0 Å². The number of methoxy groups -OCH3 is 1. The number of anilines is 2. The van der Waals surface area contributed by atoms with Gasteiger partial charge in [-0.1, -0.05) is 45.9 Å². The average molecular weight is 385 g/mol. The summed E-state index contributed by atoms with van der Waals surface area (Å²) < 4.78 is 5.06. The molecule has 2 aromatic rings. The molecule has 6 heteroatoms. The fourth-order valence-corrected chi connectivity index (χ4v) is 3.08. The fourth-order valence-electron chi connectivity index (χ4n) is 3.08.